The van der Waals surface area contributed by atoms with Gasteiger partial charge in [0.1, 0.15) is 13.2 Å². The molecule has 1 aromatic carbocycles. The van der Waals surface area contributed by atoms with E-state index in [0.29, 0.717) is 13.2 Å². The third kappa shape index (κ3) is 1.50. The van der Waals surface area contributed by atoms with Crippen LogP contribution in [0.3, 0.4) is 0 Å². The van der Waals surface area contributed by atoms with E-state index < -0.39 is 6.10 Å². The zero-order valence-electron chi connectivity index (χ0n) is 9.19. The molecule has 0 aromatic heterocycles. The van der Waals surface area contributed by atoms with Crippen LogP contribution >= 0.6 is 0 Å². The van der Waals surface area contributed by atoms with Crippen molar-refractivity contribution >= 4 is 5.69 Å². The first kappa shape index (κ1) is 9.78. The summed E-state index contributed by atoms with van der Waals surface area (Å²) >= 11 is 0. The van der Waals surface area contributed by atoms with Crippen LogP contribution in [0.1, 0.15) is 25.0 Å². The average Bonchev–Trinajstić information content (AvgIpc) is 2.27. The quantitative estimate of drug-likeness (QED) is 0.700. The molecule has 2 heterocycles. The lowest BCUT2D eigenvalue weighted by atomic mass is 9.95. The summed E-state index contributed by atoms with van der Waals surface area (Å²) < 4.78 is 11.0. The maximum Gasteiger partial charge on any atom is 0.163 e. The molecule has 16 heavy (non-hydrogen) atoms. The summed E-state index contributed by atoms with van der Waals surface area (Å²) in [5.41, 5.74) is 1.86. The van der Waals surface area contributed by atoms with E-state index in [1.807, 2.05) is 12.1 Å². The smallest absolute Gasteiger partial charge is 0.163 e. The first-order valence-electron chi connectivity index (χ1n) is 5.62. The molecule has 0 radical (unpaired) electrons. The van der Waals surface area contributed by atoms with E-state index in [-0.39, 0.29) is 6.04 Å². The van der Waals surface area contributed by atoms with Crippen molar-refractivity contribution in [2.45, 2.75) is 25.5 Å². The highest BCUT2D eigenvalue weighted by Gasteiger charge is 2.25. The van der Waals surface area contributed by atoms with Gasteiger partial charge in [-0.25, -0.2) is 0 Å². The summed E-state index contributed by atoms with van der Waals surface area (Å²) in [5, 5.41) is 13.3. The van der Waals surface area contributed by atoms with Gasteiger partial charge in [-0.05, 0) is 19.4 Å². The molecule has 3 rings (SSSR count). The molecular weight excluding hydrogens is 206 g/mol. The van der Waals surface area contributed by atoms with Crippen LogP contribution in [0.5, 0.6) is 11.5 Å². The van der Waals surface area contributed by atoms with Gasteiger partial charge in [0.05, 0.1) is 6.10 Å². The standard InChI is InChI=1S/C12H15NO3/c1-7-4-10(14)8-5-11-12(6-9(8)13-7)16-3-2-15-11/h5-7,10,13-14H,2-4H2,1H3. The number of nitrogens with one attached hydrogen (secondary N) is 1. The molecule has 0 aliphatic carbocycles. The average molecular weight is 221 g/mol. The van der Waals surface area contributed by atoms with Crippen LogP contribution in [0, 0.1) is 0 Å². The molecule has 2 aliphatic heterocycles. The number of hydrogen-bond acceptors (Lipinski definition) is 4. The van der Waals surface area contributed by atoms with Gasteiger partial charge in [0.15, 0.2) is 11.5 Å². The number of hydrogen-bond donors (Lipinski definition) is 2. The Morgan fingerprint density at radius 1 is 1.25 bits per heavy atom. The fraction of sp³-hybridized carbons (Fsp3) is 0.500. The van der Waals surface area contributed by atoms with Crippen LogP contribution in [-0.4, -0.2) is 24.4 Å². The highest BCUT2D eigenvalue weighted by atomic mass is 16.6. The molecule has 2 aliphatic rings. The van der Waals surface area contributed by atoms with Gasteiger partial charge in [-0.3, -0.25) is 0 Å². The minimum atomic E-state index is -0.415. The Morgan fingerprint density at radius 3 is 2.69 bits per heavy atom. The maximum atomic E-state index is 10.00. The van der Waals surface area contributed by atoms with Crippen LogP contribution in [0.15, 0.2) is 12.1 Å². The predicted octanol–water partition coefficient (Wildman–Crippen LogP) is 1.70. The third-order valence-electron chi connectivity index (χ3n) is 3.05. The van der Waals surface area contributed by atoms with Crippen molar-refractivity contribution < 1.29 is 14.6 Å². The Kier molecular flexibility index (Phi) is 2.17. The van der Waals surface area contributed by atoms with Crippen molar-refractivity contribution in [3.05, 3.63) is 17.7 Å². The second kappa shape index (κ2) is 3.56. The SMILES string of the molecule is CC1CC(O)c2cc3c(cc2N1)OCCO3. The molecule has 86 valence electrons. The number of rotatable bonds is 0. The van der Waals surface area contributed by atoms with Gasteiger partial charge in [0.25, 0.3) is 0 Å². The summed E-state index contributed by atoms with van der Waals surface area (Å²) in [4.78, 5) is 0. The largest absolute Gasteiger partial charge is 0.486 e. The molecule has 0 saturated heterocycles. The molecule has 4 nitrogen and oxygen atoms in total. The molecular formula is C12H15NO3. The van der Waals surface area contributed by atoms with E-state index in [0.717, 1.165) is 29.2 Å². The van der Waals surface area contributed by atoms with E-state index in [4.69, 9.17) is 9.47 Å². The van der Waals surface area contributed by atoms with E-state index in [1.165, 1.54) is 0 Å². The van der Waals surface area contributed by atoms with Gasteiger partial charge in [-0.2, -0.15) is 0 Å². The molecule has 2 unspecified atom stereocenters. The number of fused-ring (bicyclic) bond motifs is 2. The molecule has 4 heteroatoms. The molecule has 0 fully saturated rings. The Labute approximate surface area is 94.2 Å². The lowest BCUT2D eigenvalue weighted by Gasteiger charge is -2.30. The number of ether oxygens (including phenoxy) is 2. The summed E-state index contributed by atoms with van der Waals surface area (Å²) in [6, 6.07) is 4.08. The van der Waals surface area contributed by atoms with Crippen LogP contribution in [-0.2, 0) is 0 Å². The van der Waals surface area contributed by atoms with E-state index in [1.54, 1.807) is 0 Å². The number of aliphatic hydroxyl groups excluding tert-OH is 1. The van der Waals surface area contributed by atoms with Gasteiger partial charge in [-0.15, -0.1) is 0 Å². The number of anilines is 1. The second-order valence-electron chi connectivity index (χ2n) is 4.38. The van der Waals surface area contributed by atoms with Gasteiger partial charge in [-0.1, -0.05) is 0 Å². The predicted molar refractivity (Wildman–Crippen MR) is 60.1 cm³/mol. The van der Waals surface area contributed by atoms with E-state index in [2.05, 4.69) is 12.2 Å². The molecule has 0 amide bonds. The van der Waals surface area contributed by atoms with Crippen LogP contribution in [0.25, 0.3) is 0 Å². The summed E-state index contributed by atoms with van der Waals surface area (Å²) in [6.07, 6.45) is 0.314. The minimum absolute atomic E-state index is 0.282. The van der Waals surface area contributed by atoms with E-state index in [9.17, 15) is 5.11 Å². The monoisotopic (exact) mass is 221 g/mol. The Hall–Kier alpha value is -1.42. The van der Waals surface area contributed by atoms with Gasteiger partial charge in [0, 0.05) is 23.4 Å². The molecule has 2 atom stereocenters. The zero-order valence-corrected chi connectivity index (χ0v) is 9.19. The third-order valence-corrected chi connectivity index (χ3v) is 3.05. The molecule has 1 aromatic rings. The molecule has 0 saturated carbocycles. The van der Waals surface area contributed by atoms with Gasteiger partial charge >= 0.3 is 0 Å². The van der Waals surface area contributed by atoms with Gasteiger partial charge < -0.3 is 19.9 Å². The van der Waals surface area contributed by atoms with Gasteiger partial charge in [0.2, 0.25) is 0 Å². The van der Waals surface area contributed by atoms with Crippen molar-refractivity contribution in [2.24, 2.45) is 0 Å². The Balaban J connectivity index is 2.06. The Morgan fingerprint density at radius 2 is 1.94 bits per heavy atom. The summed E-state index contributed by atoms with van der Waals surface area (Å²) in [6.45, 7) is 3.22. The normalized spacial score (nSPS) is 26.9. The first-order chi connectivity index (χ1) is 7.74. The molecule has 0 bridgehead atoms. The van der Waals surface area contributed by atoms with Crippen LogP contribution in [0.4, 0.5) is 5.69 Å². The highest BCUT2D eigenvalue weighted by Crippen LogP contribution is 2.41. The van der Waals surface area contributed by atoms with Crippen molar-refractivity contribution in [3.8, 4) is 11.5 Å². The Bertz CT molecular complexity index is 419. The fourth-order valence-electron chi connectivity index (χ4n) is 2.29. The summed E-state index contributed by atoms with van der Waals surface area (Å²) in [5.74, 6) is 1.50. The molecule has 2 N–H and O–H groups in total. The minimum Gasteiger partial charge on any atom is -0.486 e. The maximum absolute atomic E-state index is 10.00. The molecule has 0 spiro atoms. The van der Waals surface area contributed by atoms with Crippen LogP contribution < -0.4 is 14.8 Å². The second-order valence-corrected chi connectivity index (χ2v) is 4.38. The van der Waals surface area contributed by atoms with Crippen molar-refractivity contribution in [3.63, 3.8) is 0 Å². The fourth-order valence-corrected chi connectivity index (χ4v) is 2.29. The zero-order chi connectivity index (χ0) is 11.1. The lowest BCUT2D eigenvalue weighted by molar-refractivity contribution is 0.152. The lowest BCUT2D eigenvalue weighted by Crippen LogP contribution is -2.26. The van der Waals surface area contributed by atoms with Crippen molar-refractivity contribution in [1.82, 2.24) is 0 Å². The van der Waals surface area contributed by atoms with Crippen molar-refractivity contribution in [1.29, 1.82) is 0 Å². The highest BCUT2D eigenvalue weighted by molar-refractivity contribution is 5.63. The van der Waals surface area contributed by atoms with Crippen LogP contribution in [0.2, 0.25) is 0 Å². The van der Waals surface area contributed by atoms with E-state index >= 15 is 0 Å². The topological polar surface area (TPSA) is 50.7 Å². The summed E-state index contributed by atoms with van der Waals surface area (Å²) in [7, 11) is 0. The first-order valence-corrected chi connectivity index (χ1v) is 5.62. The number of benzene rings is 1. The van der Waals surface area contributed by atoms with Crippen molar-refractivity contribution in [2.75, 3.05) is 18.5 Å². The number of aliphatic hydroxyl groups is 1.